The molecule has 0 aliphatic heterocycles. The molecule has 0 saturated carbocycles. The number of nitrogens with zero attached hydrogens (tertiary/aromatic N) is 3. The number of anilines is 1. The number of hydrogen-bond donors (Lipinski definition) is 1. The highest BCUT2D eigenvalue weighted by Crippen LogP contribution is 2.35. The molecule has 0 unspecified atom stereocenters. The zero-order valence-corrected chi connectivity index (χ0v) is 27.8. The third-order valence-electron chi connectivity index (χ3n) is 7.13. The van der Waals surface area contributed by atoms with Crippen molar-refractivity contribution in [2.24, 2.45) is 0 Å². The molecule has 0 fully saturated rings. The molecule has 48 heavy (non-hydrogen) atoms. The predicted molar refractivity (Wildman–Crippen MR) is 189 cm³/mol. The van der Waals surface area contributed by atoms with Gasteiger partial charge in [-0.25, -0.2) is 9.59 Å². The Morgan fingerprint density at radius 3 is 1.48 bits per heavy atom. The molecule has 4 aromatic carbocycles. The zero-order valence-electron chi connectivity index (χ0n) is 27.8. The molecule has 10 heteroatoms. The number of hydrogen-bond acceptors (Lipinski definition) is 7. The molecule has 246 valence electrons. The summed E-state index contributed by atoms with van der Waals surface area (Å²) in [4.78, 5) is 35.9. The molecule has 0 bridgehead atoms. The quantitative estimate of drug-likeness (QED) is 0.115. The number of nitrogen functional groups attached to an aromatic ring is 1. The maximum atomic E-state index is 12.5. The van der Waals surface area contributed by atoms with E-state index in [0.717, 1.165) is 27.6 Å². The van der Waals surface area contributed by atoms with Crippen molar-refractivity contribution in [2.45, 2.75) is 52.7 Å². The molecule has 0 atom stereocenters. The molecular formula is C38H38N4O6. The van der Waals surface area contributed by atoms with Gasteiger partial charge in [0, 0.05) is 52.1 Å². The van der Waals surface area contributed by atoms with Gasteiger partial charge in [0.25, 0.3) is 5.69 Å². The Bertz CT molecular complexity index is 2120. The minimum absolute atomic E-state index is 0.0201. The van der Waals surface area contributed by atoms with Gasteiger partial charge in [0.2, 0.25) is 0 Å². The first-order valence-electron chi connectivity index (χ1n) is 15.4. The van der Waals surface area contributed by atoms with Gasteiger partial charge in [-0.2, -0.15) is 0 Å². The Balaban J connectivity index is 0.000000188. The Labute approximate surface area is 278 Å². The number of fused-ring (bicyclic) bond motifs is 2. The normalized spacial score (nSPS) is 11.5. The SMILES string of the molecule is CC(C)(C)OC(=O)n1ccc2cc(N)cc(-c3ccccc3)c21.CC(C)(C)OC(=O)n1ccc2cc([N+](=O)[O-])cc(-c3ccccc3)c21. The average molecular weight is 647 g/mol. The fourth-order valence-corrected chi connectivity index (χ4v) is 5.28. The number of nitro benzene ring substituents is 1. The first-order valence-corrected chi connectivity index (χ1v) is 15.4. The number of carbonyl (C=O) groups is 2. The summed E-state index contributed by atoms with van der Waals surface area (Å²) >= 11 is 0. The van der Waals surface area contributed by atoms with Crippen LogP contribution in [0.15, 0.2) is 109 Å². The lowest BCUT2D eigenvalue weighted by molar-refractivity contribution is -0.384. The summed E-state index contributed by atoms with van der Waals surface area (Å²) in [5.41, 5.74) is 10.2. The van der Waals surface area contributed by atoms with E-state index in [1.165, 1.54) is 16.7 Å². The van der Waals surface area contributed by atoms with E-state index in [2.05, 4.69) is 0 Å². The van der Waals surface area contributed by atoms with Crippen LogP contribution in [0, 0.1) is 10.1 Å². The zero-order chi connectivity index (χ0) is 34.8. The van der Waals surface area contributed by atoms with E-state index in [-0.39, 0.29) is 5.69 Å². The van der Waals surface area contributed by atoms with E-state index in [0.29, 0.717) is 22.2 Å². The smallest absolute Gasteiger partial charge is 0.419 e. The molecule has 2 N–H and O–H groups in total. The van der Waals surface area contributed by atoms with E-state index < -0.39 is 28.3 Å². The lowest BCUT2D eigenvalue weighted by Gasteiger charge is -2.20. The van der Waals surface area contributed by atoms with E-state index in [1.807, 2.05) is 99.6 Å². The highest BCUT2D eigenvalue weighted by Gasteiger charge is 2.23. The number of non-ortho nitro benzene ring substituents is 1. The summed E-state index contributed by atoms with van der Waals surface area (Å²) in [6.07, 6.45) is 2.39. The average Bonchev–Trinajstić information content (AvgIpc) is 3.64. The number of nitrogens with two attached hydrogens (primary N) is 1. The van der Waals surface area contributed by atoms with Crippen molar-refractivity contribution in [1.82, 2.24) is 9.13 Å². The van der Waals surface area contributed by atoms with Crippen LogP contribution in [0.2, 0.25) is 0 Å². The van der Waals surface area contributed by atoms with Crippen LogP contribution in [0.25, 0.3) is 44.1 Å². The second-order valence-corrected chi connectivity index (χ2v) is 13.3. The molecular weight excluding hydrogens is 608 g/mol. The number of carbonyl (C=O) groups excluding carboxylic acids is 2. The first-order chi connectivity index (χ1) is 22.6. The van der Waals surface area contributed by atoms with Crippen molar-refractivity contribution in [2.75, 3.05) is 5.73 Å². The van der Waals surface area contributed by atoms with Crippen LogP contribution in [0.1, 0.15) is 41.5 Å². The Hall–Kier alpha value is -5.90. The number of ether oxygens (including phenoxy) is 2. The van der Waals surface area contributed by atoms with E-state index in [1.54, 1.807) is 43.8 Å². The Morgan fingerprint density at radius 2 is 1.06 bits per heavy atom. The van der Waals surface area contributed by atoms with Gasteiger partial charge in [-0.15, -0.1) is 0 Å². The molecule has 0 aliphatic carbocycles. The summed E-state index contributed by atoms with van der Waals surface area (Å²) < 4.78 is 13.9. The third-order valence-corrected chi connectivity index (χ3v) is 7.13. The summed E-state index contributed by atoms with van der Waals surface area (Å²) in [5.74, 6) is 0. The van der Waals surface area contributed by atoms with Crippen molar-refractivity contribution in [3.63, 3.8) is 0 Å². The summed E-state index contributed by atoms with van der Waals surface area (Å²) in [5, 5.41) is 12.8. The molecule has 0 spiro atoms. The number of nitro groups is 1. The molecule has 2 aromatic heterocycles. The third kappa shape index (κ3) is 7.55. The van der Waals surface area contributed by atoms with E-state index in [9.17, 15) is 19.7 Å². The topological polar surface area (TPSA) is 132 Å². The molecule has 6 rings (SSSR count). The van der Waals surface area contributed by atoms with E-state index >= 15 is 0 Å². The van der Waals surface area contributed by atoms with Gasteiger partial charge in [-0.05, 0) is 76.9 Å². The van der Waals surface area contributed by atoms with Crippen molar-refractivity contribution in [1.29, 1.82) is 0 Å². The molecule has 0 aliphatic rings. The molecule has 0 radical (unpaired) electrons. The van der Waals surface area contributed by atoms with Crippen molar-refractivity contribution >= 4 is 45.4 Å². The molecule has 0 amide bonds. The van der Waals surface area contributed by atoms with Crippen LogP contribution < -0.4 is 5.73 Å². The van der Waals surface area contributed by atoms with Gasteiger partial charge in [-0.3, -0.25) is 19.2 Å². The summed E-state index contributed by atoms with van der Waals surface area (Å²) in [6, 6.07) is 29.4. The van der Waals surface area contributed by atoms with Gasteiger partial charge < -0.3 is 15.2 Å². The minimum Gasteiger partial charge on any atom is -0.443 e. The Kier molecular flexibility index (Phi) is 9.11. The minimum atomic E-state index is -0.638. The van der Waals surface area contributed by atoms with Crippen LogP contribution in [-0.2, 0) is 9.47 Å². The number of rotatable bonds is 3. The van der Waals surface area contributed by atoms with E-state index in [4.69, 9.17) is 15.2 Å². The number of benzene rings is 4. The van der Waals surface area contributed by atoms with Crippen LogP contribution in [-0.4, -0.2) is 37.4 Å². The fraction of sp³-hybridized carbons (Fsp3) is 0.211. The van der Waals surface area contributed by atoms with Gasteiger partial charge >= 0.3 is 12.2 Å². The van der Waals surface area contributed by atoms with Gasteiger partial charge in [0.15, 0.2) is 0 Å². The number of aromatic nitrogens is 2. The van der Waals surface area contributed by atoms with Crippen LogP contribution >= 0.6 is 0 Å². The summed E-state index contributed by atoms with van der Waals surface area (Å²) in [7, 11) is 0. The highest BCUT2D eigenvalue weighted by molar-refractivity contribution is 6.02. The van der Waals surface area contributed by atoms with Crippen molar-refractivity contribution < 1.29 is 24.0 Å². The monoisotopic (exact) mass is 646 g/mol. The molecule has 0 saturated heterocycles. The maximum Gasteiger partial charge on any atom is 0.419 e. The molecule has 6 aromatic rings. The maximum absolute atomic E-state index is 12.5. The largest absolute Gasteiger partial charge is 0.443 e. The fourth-order valence-electron chi connectivity index (χ4n) is 5.28. The second-order valence-electron chi connectivity index (χ2n) is 13.3. The van der Waals surface area contributed by atoms with Crippen molar-refractivity contribution in [3.05, 3.63) is 120 Å². The van der Waals surface area contributed by atoms with Crippen LogP contribution in [0.3, 0.4) is 0 Å². The first kappa shape index (κ1) is 33.5. The molecule has 2 heterocycles. The molecule has 10 nitrogen and oxygen atoms in total. The van der Waals surface area contributed by atoms with Crippen molar-refractivity contribution in [3.8, 4) is 22.3 Å². The standard InChI is InChI=1S/C19H18N2O4.C19H20N2O2/c1-19(2,3)25-18(22)20-10-9-14-11-15(21(23)24)12-16(17(14)20)13-7-5-4-6-8-13;1-19(2,3)23-18(22)21-10-9-14-11-15(20)12-16(17(14)21)13-7-5-4-6-8-13/h4-12H,1-3H3;4-12H,20H2,1-3H3. The van der Waals surface area contributed by atoms with Gasteiger partial charge in [0.05, 0.1) is 16.0 Å². The van der Waals surface area contributed by atoms with Gasteiger partial charge in [-0.1, -0.05) is 60.7 Å². The highest BCUT2D eigenvalue weighted by atomic mass is 16.6. The van der Waals surface area contributed by atoms with Gasteiger partial charge in [0.1, 0.15) is 11.2 Å². The second kappa shape index (κ2) is 13.1. The van der Waals surface area contributed by atoms with Crippen LogP contribution in [0.5, 0.6) is 0 Å². The lowest BCUT2D eigenvalue weighted by Crippen LogP contribution is -2.26. The summed E-state index contributed by atoms with van der Waals surface area (Å²) in [6.45, 7) is 10.9. The lowest BCUT2D eigenvalue weighted by atomic mass is 10.0. The Morgan fingerprint density at radius 1 is 0.646 bits per heavy atom. The van der Waals surface area contributed by atoms with Crippen LogP contribution in [0.4, 0.5) is 21.0 Å². The predicted octanol–water partition coefficient (Wildman–Crippen LogP) is 9.67.